The second-order valence-corrected chi connectivity index (χ2v) is 6.28. The highest BCUT2D eigenvalue weighted by atomic mass is 79.9. The summed E-state index contributed by atoms with van der Waals surface area (Å²) < 4.78 is 6.11. The maximum absolute atomic E-state index is 12.8. The van der Waals surface area contributed by atoms with E-state index in [1.165, 1.54) is 0 Å². The van der Waals surface area contributed by atoms with Crippen molar-refractivity contribution in [2.24, 2.45) is 0 Å². The van der Waals surface area contributed by atoms with Gasteiger partial charge in [0.1, 0.15) is 5.76 Å². The van der Waals surface area contributed by atoms with Crippen LogP contribution < -0.4 is 5.32 Å². The van der Waals surface area contributed by atoms with Crippen LogP contribution in [0.15, 0.2) is 75.8 Å². The van der Waals surface area contributed by atoms with Crippen molar-refractivity contribution >= 4 is 50.8 Å². The second-order valence-electron chi connectivity index (χ2n) is 5.02. The maximum Gasteiger partial charge on any atom is 0.256 e. The Balaban J connectivity index is 1.93. The Bertz CT molecular complexity index is 874. The first-order valence-electron chi connectivity index (χ1n) is 7.20. The first-order valence-corrected chi connectivity index (χ1v) is 8.37. The molecule has 0 radical (unpaired) electrons. The van der Waals surface area contributed by atoms with E-state index in [9.17, 15) is 4.79 Å². The summed E-state index contributed by atoms with van der Waals surface area (Å²) >= 11 is 9.41. The molecule has 0 aliphatic carbocycles. The van der Waals surface area contributed by atoms with Gasteiger partial charge in [-0.2, -0.15) is 0 Å². The molecule has 24 heavy (non-hydrogen) atoms. The minimum absolute atomic E-state index is 0.240. The fourth-order valence-electron chi connectivity index (χ4n) is 2.19. The van der Waals surface area contributed by atoms with E-state index in [2.05, 4.69) is 21.2 Å². The molecule has 1 heterocycles. The number of benzene rings is 2. The minimum Gasteiger partial charge on any atom is -0.465 e. The van der Waals surface area contributed by atoms with Crippen molar-refractivity contribution in [1.29, 1.82) is 0 Å². The summed E-state index contributed by atoms with van der Waals surface area (Å²) in [6.07, 6.45) is 3.28. The highest BCUT2D eigenvalue weighted by Gasteiger charge is 2.13. The lowest BCUT2D eigenvalue weighted by Crippen LogP contribution is -2.13. The number of halogens is 2. The predicted octanol–water partition coefficient (Wildman–Crippen LogP) is 5.87. The molecule has 5 heteroatoms. The molecule has 120 valence electrons. The average Bonchev–Trinajstić information content (AvgIpc) is 3.10. The van der Waals surface area contributed by atoms with Crippen LogP contribution >= 0.6 is 27.5 Å². The molecular weight excluding hydrogens is 390 g/mol. The van der Waals surface area contributed by atoms with Crippen LogP contribution in [0, 0.1) is 0 Å². The van der Waals surface area contributed by atoms with Crippen molar-refractivity contribution in [3.8, 4) is 0 Å². The number of hydrogen-bond donors (Lipinski definition) is 1. The molecule has 1 N–H and O–H groups in total. The van der Waals surface area contributed by atoms with Crippen LogP contribution in [0.3, 0.4) is 0 Å². The van der Waals surface area contributed by atoms with Crippen LogP contribution in [0.4, 0.5) is 5.69 Å². The van der Waals surface area contributed by atoms with E-state index >= 15 is 0 Å². The Morgan fingerprint density at radius 3 is 2.54 bits per heavy atom. The topological polar surface area (TPSA) is 42.2 Å². The summed E-state index contributed by atoms with van der Waals surface area (Å²) in [5.74, 6) is 0.369. The molecule has 0 saturated heterocycles. The zero-order valence-electron chi connectivity index (χ0n) is 12.5. The Kier molecular flexibility index (Phi) is 5.18. The number of carbonyl (C=O) groups is 1. The van der Waals surface area contributed by atoms with E-state index in [4.69, 9.17) is 16.0 Å². The van der Waals surface area contributed by atoms with Gasteiger partial charge in [0.15, 0.2) is 0 Å². The molecule has 1 amide bonds. The van der Waals surface area contributed by atoms with Gasteiger partial charge in [-0.15, -0.1) is 0 Å². The van der Waals surface area contributed by atoms with E-state index in [0.29, 0.717) is 22.0 Å². The highest BCUT2D eigenvalue weighted by Crippen LogP contribution is 2.27. The van der Waals surface area contributed by atoms with Crippen molar-refractivity contribution in [3.63, 3.8) is 0 Å². The fraction of sp³-hybridized carbons (Fsp3) is 0. The van der Waals surface area contributed by atoms with Crippen molar-refractivity contribution in [2.45, 2.75) is 0 Å². The molecule has 2 aromatic carbocycles. The van der Waals surface area contributed by atoms with Gasteiger partial charge < -0.3 is 9.73 Å². The normalized spacial score (nSPS) is 11.3. The zero-order valence-corrected chi connectivity index (χ0v) is 14.8. The van der Waals surface area contributed by atoms with Gasteiger partial charge in [-0.25, -0.2) is 0 Å². The van der Waals surface area contributed by atoms with Crippen molar-refractivity contribution in [3.05, 3.63) is 87.7 Å². The molecule has 3 rings (SSSR count). The number of hydrogen-bond acceptors (Lipinski definition) is 2. The predicted molar refractivity (Wildman–Crippen MR) is 101 cm³/mol. The van der Waals surface area contributed by atoms with Gasteiger partial charge in [0.05, 0.1) is 16.9 Å². The van der Waals surface area contributed by atoms with Crippen LogP contribution in [0.2, 0.25) is 5.02 Å². The zero-order chi connectivity index (χ0) is 16.9. The summed E-state index contributed by atoms with van der Waals surface area (Å²) in [6.45, 7) is 0. The van der Waals surface area contributed by atoms with E-state index < -0.39 is 0 Å². The Labute approximate surface area is 153 Å². The lowest BCUT2D eigenvalue weighted by Gasteiger charge is -2.10. The standard InChI is InChI=1S/C19H13BrClNO2/c20-17-9-8-14(11-18(17)21)22-19(23)16(12-15-7-4-10-24-15)13-5-2-1-3-6-13/h1-12H,(H,22,23). The number of furan rings is 1. The number of carbonyl (C=O) groups excluding carboxylic acids is 1. The molecule has 0 spiro atoms. The van der Waals surface area contributed by atoms with Gasteiger partial charge in [0.2, 0.25) is 0 Å². The van der Waals surface area contributed by atoms with Crippen LogP contribution in [0.1, 0.15) is 11.3 Å². The van der Waals surface area contributed by atoms with Gasteiger partial charge in [0, 0.05) is 10.2 Å². The van der Waals surface area contributed by atoms with Gasteiger partial charge in [0.25, 0.3) is 5.91 Å². The summed E-state index contributed by atoms with van der Waals surface area (Å²) in [5.41, 5.74) is 1.92. The molecule has 3 nitrogen and oxygen atoms in total. The third-order valence-electron chi connectivity index (χ3n) is 3.34. The smallest absolute Gasteiger partial charge is 0.256 e. The highest BCUT2D eigenvalue weighted by molar-refractivity contribution is 9.10. The molecular formula is C19H13BrClNO2. The molecule has 3 aromatic rings. The van der Waals surface area contributed by atoms with E-state index in [0.717, 1.165) is 10.0 Å². The fourth-order valence-corrected chi connectivity index (χ4v) is 2.61. The van der Waals surface area contributed by atoms with Crippen LogP contribution in [0.25, 0.3) is 11.6 Å². The molecule has 0 aliphatic rings. The Morgan fingerprint density at radius 1 is 1.08 bits per heavy atom. The second kappa shape index (κ2) is 7.51. The number of amides is 1. The van der Waals surface area contributed by atoms with Crippen molar-refractivity contribution < 1.29 is 9.21 Å². The summed E-state index contributed by atoms with van der Waals surface area (Å²) in [7, 11) is 0. The average molecular weight is 403 g/mol. The Hall–Kier alpha value is -2.30. The van der Waals surface area contributed by atoms with Crippen LogP contribution in [0.5, 0.6) is 0 Å². The molecule has 0 unspecified atom stereocenters. The number of rotatable bonds is 4. The molecule has 0 saturated carbocycles. The largest absolute Gasteiger partial charge is 0.465 e. The lowest BCUT2D eigenvalue weighted by atomic mass is 10.0. The van der Waals surface area contributed by atoms with E-state index in [1.54, 1.807) is 42.7 Å². The molecule has 0 bridgehead atoms. The first kappa shape index (κ1) is 16.6. The SMILES string of the molecule is O=C(Nc1ccc(Br)c(Cl)c1)C(=Cc1ccco1)c1ccccc1. The number of nitrogens with one attached hydrogen (secondary N) is 1. The molecule has 0 aliphatic heterocycles. The quantitative estimate of drug-likeness (QED) is 0.554. The Morgan fingerprint density at radius 2 is 1.88 bits per heavy atom. The number of anilines is 1. The van der Waals surface area contributed by atoms with Gasteiger partial charge in [-0.3, -0.25) is 4.79 Å². The van der Waals surface area contributed by atoms with Gasteiger partial charge in [-0.05, 0) is 57.9 Å². The van der Waals surface area contributed by atoms with Crippen molar-refractivity contribution in [1.82, 2.24) is 0 Å². The summed E-state index contributed by atoms with van der Waals surface area (Å²) in [4.78, 5) is 12.8. The van der Waals surface area contributed by atoms with E-state index in [-0.39, 0.29) is 5.91 Å². The summed E-state index contributed by atoms with van der Waals surface area (Å²) in [5, 5.41) is 3.40. The third-order valence-corrected chi connectivity index (χ3v) is 4.57. The van der Waals surface area contributed by atoms with Crippen LogP contribution in [-0.2, 0) is 4.79 Å². The van der Waals surface area contributed by atoms with Crippen molar-refractivity contribution in [2.75, 3.05) is 5.32 Å². The monoisotopic (exact) mass is 401 g/mol. The third kappa shape index (κ3) is 3.96. The molecule has 1 aromatic heterocycles. The maximum atomic E-state index is 12.8. The molecule has 0 atom stereocenters. The van der Waals surface area contributed by atoms with Gasteiger partial charge in [-0.1, -0.05) is 41.9 Å². The van der Waals surface area contributed by atoms with Gasteiger partial charge >= 0.3 is 0 Å². The molecule has 0 fully saturated rings. The first-order chi connectivity index (χ1) is 11.6. The minimum atomic E-state index is -0.240. The summed E-state index contributed by atoms with van der Waals surface area (Å²) in [6, 6.07) is 18.3. The van der Waals surface area contributed by atoms with E-state index in [1.807, 2.05) is 30.3 Å². The lowest BCUT2D eigenvalue weighted by molar-refractivity contribution is -0.111. The van der Waals surface area contributed by atoms with Crippen LogP contribution in [-0.4, -0.2) is 5.91 Å².